The van der Waals surface area contributed by atoms with Gasteiger partial charge in [-0.05, 0) is 36.2 Å². The zero-order valence-electron chi connectivity index (χ0n) is 14.3. The predicted octanol–water partition coefficient (Wildman–Crippen LogP) is 2.12. The van der Waals surface area contributed by atoms with E-state index in [2.05, 4.69) is 10.6 Å². The smallest absolute Gasteiger partial charge is 0.286 e. The Bertz CT molecular complexity index is 697. The quantitative estimate of drug-likeness (QED) is 0.679. The summed E-state index contributed by atoms with van der Waals surface area (Å²) in [7, 11) is 3.14. The fraction of sp³-hybridized carbons (Fsp3) is 0.333. The Morgan fingerprint density at radius 2 is 1.88 bits per heavy atom. The number of methoxy groups -OCH3 is 2. The van der Waals surface area contributed by atoms with Crippen LogP contribution in [0, 0.1) is 0 Å². The largest absolute Gasteiger partial charge is 0.493 e. The number of hydrogen-bond donors (Lipinski definition) is 2. The van der Waals surface area contributed by atoms with Gasteiger partial charge in [0.05, 0.1) is 20.5 Å². The SMILES string of the molecule is COc1ccc(CNC(=O)CCCNC(=O)c2ccco2)cc1OC. The van der Waals surface area contributed by atoms with Crippen molar-refractivity contribution in [3.05, 3.63) is 47.9 Å². The topological polar surface area (TPSA) is 89.8 Å². The number of rotatable bonds is 9. The van der Waals surface area contributed by atoms with E-state index in [1.165, 1.54) is 6.26 Å². The van der Waals surface area contributed by atoms with Gasteiger partial charge in [0.2, 0.25) is 5.91 Å². The van der Waals surface area contributed by atoms with Crippen LogP contribution in [0.2, 0.25) is 0 Å². The third kappa shape index (κ3) is 5.56. The van der Waals surface area contributed by atoms with E-state index in [9.17, 15) is 9.59 Å². The highest BCUT2D eigenvalue weighted by molar-refractivity contribution is 5.91. The highest BCUT2D eigenvalue weighted by Gasteiger charge is 2.08. The van der Waals surface area contributed by atoms with Gasteiger partial charge in [0, 0.05) is 19.5 Å². The van der Waals surface area contributed by atoms with Crippen molar-refractivity contribution < 1.29 is 23.5 Å². The van der Waals surface area contributed by atoms with Gasteiger partial charge in [0.1, 0.15) is 0 Å². The van der Waals surface area contributed by atoms with E-state index in [-0.39, 0.29) is 17.6 Å². The summed E-state index contributed by atoms with van der Waals surface area (Å²) in [5.41, 5.74) is 0.914. The van der Waals surface area contributed by atoms with Crippen LogP contribution in [0.3, 0.4) is 0 Å². The normalized spacial score (nSPS) is 10.2. The highest BCUT2D eigenvalue weighted by Crippen LogP contribution is 2.27. The van der Waals surface area contributed by atoms with E-state index < -0.39 is 0 Å². The van der Waals surface area contributed by atoms with E-state index in [0.29, 0.717) is 37.4 Å². The standard InChI is InChI=1S/C18H22N2O5/c1-23-14-8-7-13(11-16(14)24-2)12-20-17(21)6-3-9-19-18(22)15-5-4-10-25-15/h4-5,7-8,10-11H,3,6,9,12H2,1-2H3,(H,19,22)(H,20,21). The second-order valence-corrected chi connectivity index (χ2v) is 5.30. The molecule has 2 rings (SSSR count). The van der Waals surface area contributed by atoms with E-state index in [1.807, 2.05) is 12.1 Å². The minimum atomic E-state index is -0.282. The van der Waals surface area contributed by atoms with E-state index in [0.717, 1.165) is 5.56 Å². The summed E-state index contributed by atoms with van der Waals surface area (Å²) in [5.74, 6) is 1.16. The van der Waals surface area contributed by atoms with Crippen molar-refractivity contribution in [2.75, 3.05) is 20.8 Å². The lowest BCUT2D eigenvalue weighted by Crippen LogP contribution is -2.27. The number of ether oxygens (including phenoxy) is 2. The zero-order valence-corrected chi connectivity index (χ0v) is 14.3. The lowest BCUT2D eigenvalue weighted by molar-refractivity contribution is -0.121. The third-order valence-electron chi connectivity index (χ3n) is 3.55. The average Bonchev–Trinajstić information content (AvgIpc) is 3.17. The van der Waals surface area contributed by atoms with Gasteiger partial charge in [-0.25, -0.2) is 0 Å². The van der Waals surface area contributed by atoms with Crippen molar-refractivity contribution in [1.82, 2.24) is 10.6 Å². The van der Waals surface area contributed by atoms with Crippen LogP contribution < -0.4 is 20.1 Å². The first-order chi connectivity index (χ1) is 12.1. The number of furan rings is 1. The third-order valence-corrected chi connectivity index (χ3v) is 3.55. The number of hydrogen-bond acceptors (Lipinski definition) is 5. The van der Waals surface area contributed by atoms with Crippen LogP contribution in [0.15, 0.2) is 41.0 Å². The van der Waals surface area contributed by atoms with Crippen molar-refractivity contribution in [2.24, 2.45) is 0 Å². The summed E-state index contributed by atoms with van der Waals surface area (Å²) in [5, 5.41) is 5.54. The highest BCUT2D eigenvalue weighted by atomic mass is 16.5. The fourth-order valence-corrected chi connectivity index (χ4v) is 2.23. The molecule has 25 heavy (non-hydrogen) atoms. The summed E-state index contributed by atoms with van der Waals surface area (Å²) >= 11 is 0. The number of carbonyl (C=O) groups is 2. The first kappa shape index (κ1) is 18.4. The van der Waals surface area contributed by atoms with Gasteiger partial charge in [-0.15, -0.1) is 0 Å². The zero-order chi connectivity index (χ0) is 18.1. The summed E-state index contributed by atoms with van der Waals surface area (Å²) in [6.45, 7) is 0.807. The van der Waals surface area contributed by atoms with Gasteiger partial charge in [-0.2, -0.15) is 0 Å². The molecule has 7 heteroatoms. The first-order valence-electron chi connectivity index (χ1n) is 7.93. The minimum Gasteiger partial charge on any atom is -0.493 e. The lowest BCUT2D eigenvalue weighted by Gasteiger charge is -2.10. The van der Waals surface area contributed by atoms with Crippen molar-refractivity contribution in [3.8, 4) is 11.5 Å². The van der Waals surface area contributed by atoms with Gasteiger partial charge in [-0.1, -0.05) is 6.07 Å². The van der Waals surface area contributed by atoms with Crippen molar-refractivity contribution in [2.45, 2.75) is 19.4 Å². The maximum atomic E-state index is 11.9. The van der Waals surface area contributed by atoms with Crippen LogP contribution in [0.1, 0.15) is 29.0 Å². The van der Waals surface area contributed by atoms with E-state index in [4.69, 9.17) is 13.9 Å². The molecular formula is C18H22N2O5. The molecule has 2 aromatic rings. The molecule has 0 saturated carbocycles. The van der Waals surface area contributed by atoms with Crippen LogP contribution in [0.5, 0.6) is 11.5 Å². The summed E-state index contributed by atoms with van der Waals surface area (Å²) in [4.78, 5) is 23.5. The molecule has 0 unspecified atom stereocenters. The Morgan fingerprint density at radius 3 is 2.56 bits per heavy atom. The maximum absolute atomic E-state index is 11.9. The van der Waals surface area contributed by atoms with E-state index >= 15 is 0 Å². The number of carbonyl (C=O) groups excluding carboxylic acids is 2. The van der Waals surface area contributed by atoms with Crippen molar-refractivity contribution >= 4 is 11.8 Å². The molecule has 1 aromatic carbocycles. The second kappa shape index (κ2) is 9.36. The monoisotopic (exact) mass is 346 g/mol. The van der Waals surface area contributed by atoms with Gasteiger partial charge in [0.15, 0.2) is 17.3 Å². The Kier molecular flexibility index (Phi) is 6.88. The molecule has 0 atom stereocenters. The molecule has 7 nitrogen and oxygen atoms in total. The molecular weight excluding hydrogens is 324 g/mol. The first-order valence-corrected chi connectivity index (χ1v) is 7.93. The molecule has 0 aliphatic carbocycles. The predicted molar refractivity (Wildman–Crippen MR) is 91.7 cm³/mol. The summed E-state index contributed by atoms with van der Waals surface area (Å²) in [6.07, 6.45) is 2.31. The maximum Gasteiger partial charge on any atom is 0.286 e. The van der Waals surface area contributed by atoms with E-state index in [1.54, 1.807) is 32.4 Å². The lowest BCUT2D eigenvalue weighted by atomic mass is 10.2. The second-order valence-electron chi connectivity index (χ2n) is 5.30. The Balaban J connectivity index is 1.68. The molecule has 0 saturated heterocycles. The fourth-order valence-electron chi connectivity index (χ4n) is 2.23. The molecule has 0 aliphatic heterocycles. The van der Waals surface area contributed by atoms with Gasteiger partial charge >= 0.3 is 0 Å². The molecule has 0 aliphatic rings. The van der Waals surface area contributed by atoms with Crippen molar-refractivity contribution in [3.63, 3.8) is 0 Å². The van der Waals surface area contributed by atoms with Gasteiger partial charge < -0.3 is 24.5 Å². The number of amides is 2. The molecule has 2 amide bonds. The van der Waals surface area contributed by atoms with Crippen LogP contribution >= 0.6 is 0 Å². The molecule has 2 N–H and O–H groups in total. The van der Waals surface area contributed by atoms with Gasteiger partial charge in [0.25, 0.3) is 5.91 Å². The molecule has 0 spiro atoms. The molecule has 1 heterocycles. The summed E-state index contributed by atoms with van der Waals surface area (Å²) < 4.78 is 15.4. The Labute approximate surface area is 146 Å². The van der Waals surface area contributed by atoms with Crippen LogP contribution in [-0.2, 0) is 11.3 Å². The molecule has 0 bridgehead atoms. The minimum absolute atomic E-state index is 0.0815. The summed E-state index contributed by atoms with van der Waals surface area (Å²) in [6, 6.07) is 8.72. The van der Waals surface area contributed by atoms with Crippen LogP contribution in [0.25, 0.3) is 0 Å². The number of benzene rings is 1. The average molecular weight is 346 g/mol. The molecule has 0 fully saturated rings. The van der Waals surface area contributed by atoms with Crippen molar-refractivity contribution in [1.29, 1.82) is 0 Å². The number of nitrogens with one attached hydrogen (secondary N) is 2. The molecule has 0 radical (unpaired) electrons. The van der Waals surface area contributed by atoms with Crippen LogP contribution in [0.4, 0.5) is 0 Å². The molecule has 134 valence electrons. The van der Waals surface area contributed by atoms with Crippen LogP contribution in [-0.4, -0.2) is 32.6 Å². The Morgan fingerprint density at radius 1 is 1.08 bits per heavy atom. The Hall–Kier alpha value is -2.96. The van der Waals surface area contributed by atoms with Gasteiger partial charge in [-0.3, -0.25) is 9.59 Å². The molecule has 1 aromatic heterocycles.